The lowest BCUT2D eigenvalue weighted by atomic mass is 10.00. The third-order valence-corrected chi connectivity index (χ3v) is 6.04. The highest BCUT2D eigenvalue weighted by Gasteiger charge is 2.39. The molecule has 2 fully saturated rings. The Labute approximate surface area is 180 Å². The van der Waals surface area contributed by atoms with Crippen LogP contribution in [0.5, 0.6) is 11.6 Å². The number of amides is 1. The predicted molar refractivity (Wildman–Crippen MR) is 116 cm³/mol. The Hall–Kier alpha value is -3.00. The topological polar surface area (TPSA) is 86.9 Å². The first-order chi connectivity index (χ1) is 15.1. The number of ether oxygens (including phenoxy) is 3. The molecule has 3 aromatic rings. The molecule has 160 valence electrons. The molecule has 1 aromatic heterocycles. The van der Waals surface area contributed by atoms with Crippen LogP contribution in [0, 0.1) is 0 Å². The quantitative estimate of drug-likeness (QED) is 0.682. The molecule has 0 radical (unpaired) electrons. The molecule has 2 saturated heterocycles. The van der Waals surface area contributed by atoms with E-state index < -0.39 is 5.91 Å². The summed E-state index contributed by atoms with van der Waals surface area (Å²) >= 11 is 0. The summed E-state index contributed by atoms with van der Waals surface area (Å²) in [5, 5.41) is 2.18. The number of fused-ring (bicyclic) bond motifs is 1. The Kier molecular flexibility index (Phi) is 5.31. The average Bonchev–Trinajstić information content (AvgIpc) is 3.25. The molecule has 7 heteroatoms. The summed E-state index contributed by atoms with van der Waals surface area (Å²) in [4.78, 5) is 17.9. The molecule has 2 aromatic carbocycles. The Morgan fingerprint density at radius 2 is 1.77 bits per heavy atom. The number of pyridine rings is 1. The third-order valence-electron chi connectivity index (χ3n) is 6.04. The molecule has 0 aliphatic carbocycles. The van der Waals surface area contributed by atoms with Gasteiger partial charge < -0.3 is 19.9 Å². The number of piperidine rings is 1. The maximum atomic E-state index is 11.2. The normalized spacial score (nSPS) is 18.5. The summed E-state index contributed by atoms with van der Waals surface area (Å²) < 4.78 is 17.7. The van der Waals surface area contributed by atoms with E-state index in [0.717, 1.165) is 49.0 Å². The van der Waals surface area contributed by atoms with E-state index in [1.807, 2.05) is 18.2 Å². The van der Waals surface area contributed by atoms with Crippen molar-refractivity contribution >= 4 is 16.7 Å². The number of likely N-dealkylation sites (tertiary alicyclic amines) is 1. The van der Waals surface area contributed by atoms with Crippen molar-refractivity contribution in [3.8, 4) is 11.6 Å². The molecule has 1 spiro atoms. The van der Waals surface area contributed by atoms with Gasteiger partial charge in [-0.2, -0.15) is 0 Å². The molecule has 2 N–H and O–H groups in total. The first-order valence-electron chi connectivity index (χ1n) is 10.6. The lowest BCUT2D eigenvalue weighted by Gasteiger charge is -2.37. The molecule has 3 heterocycles. The minimum Gasteiger partial charge on any atom is -0.438 e. The Morgan fingerprint density at radius 3 is 2.45 bits per heavy atom. The maximum absolute atomic E-state index is 11.2. The van der Waals surface area contributed by atoms with Crippen LogP contribution in [-0.4, -0.2) is 47.9 Å². The van der Waals surface area contributed by atoms with E-state index in [1.54, 1.807) is 12.1 Å². The van der Waals surface area contributed by atoms with Crippen LogP contribution in [0.3, 0.4) is 0 Å². The van der Waals surface area contributed by atoms with E-state index in [2.05, 4.69) is 28.1 Å². The highest BCUT2D eigenvalue weighted by molar-refractivity contribution is 5.92. The van der Waals surface area contributed by atoms with Gasteiger partial charge in [-0.1, -0.05) is 30.3 Å². The zero-order valence-corrected chi connectivity index (χ0v) is 17.3. The van der Waals surface area contributed by atoms with Crippen molar-refractivity contribution in [2.75, 3.05) is 26.3 Å². The summed E-state index contributed by atoms with van der Waals surface area (Å²) in [6, 6.07) is 15.6. The van der Waals surface area contributed by atoms with Gasteiger partial charge >= 0.3 is 0 Å². The first kappa shape index (κ1) is 19.9. The fourth-order valence-electron chi connectivity index (χ4n) is 4.34. The highest BCUT2D eigenvalue weighted by atomic mass is 16.7. The average molecular weight is 419 g/mol. The summed E-state index contributed by atoms with van der Waals surface area (Å²) in [7, 11) is 0. The monoisotopic (exact) mass is 419 g/mol. The van der Waals surface area contributed by atoms with Gasteiger partial charge in [0.05, 0.1) is 18.8 Å². The largest absolute Gasteiger partial charge is 0.438 e. The predicted octanol–water partition coefficient (Wildman–Crippen LogP) is 3.46. The number of hydrogen-bond donors (Lipinski definition) is 1. The van der Waals surface area contributed by atoms with Crippen LogP contribution in [0.15, 0.2) is 54.7 Å². The fraction of sp³-hybridized carbons (Fsp3) is 0.333. The van der Waals surface area contributed by atoms with E-state index in [1.165, 1.54) is 11.8 Å². The van der Waals surface area contributed by atoms with Gasteiger partial charge in [0.15, 0.2) is 5.79 Å². The molecule has 0 unspecified atom stereocenters. The van der Waals surface area contributed by atoms with Crippen molar-refractivity contribution in [1.29, 1.82) is 0 Å². The van der Waals surface area contributed by atoms with Crippen molar-refractivity contribution in [1.82, 2.24) is 9.88 Å². The first-order valence-corrected chi connectivity index (χ1v) is 10.6. The van der Waals surface area contributed by atoms with E-state index in [-0.39, 0.29) is 5.79 Å². The van der Waals surface area contributed by atoms with Crippen LogP contribution >= 0.6 is 0 Å². The summed E-state index contributed by atoms with van der Waals surface area (Å²) in [6.45, 7) is 4.16. The molecule has 0 bridgehead atoms. The molecule has 31 heavy (non-hydrogen) atoms. The molecule has 2 aliphatic rings. The molecule has 1 amide bonds. The summed E-state index contributed by atoms with van der Waals surface area (Å²) in [6.07, 6.45) is 3.23. The van der Waals surface area contributed by atoms with Crippen LogP contribution in [0.25, 0.3) is 10.8 Å². The number of hydrogen-bond acceptors (Lipinski definition) is 6. The second kappa shape index (κ2) is 8.26. The SMILES string of the molecule is NC(=O)c1ccc(Oc2ccc(CN3CCC4(CC3)OCCO4)c3ccccc23)nc1. The van der Waals surface area contributed by atoms with Crippen LogP contribution in [-0.2, 0) is 16.0 Å². The molecule has 5 rings (SSSR count). The van der Waals surface area contributed by atoms with Gasteiger partial charge in [0.2, 0.25) is 11.8 Å². The number of nitrogens with two attached hydrogens (primary N) is 1. The zero-order chi connectivity index (χ0) is 21.3. The number of rotatable bonds is 5. The second-order valence-electron chi connectivity index (χ2n) is 8.00. The van der Waals surface area contributed by atoms with E-state index in [0.29, 0.717) is 24.7 Å². The summed E-state index contributed by atoms with van der Waals surface area (Å²) in [5.41, 5.74) is 6.89. The Morgan fingerprint density at radius 1 is 1.03 bits per heavy atom. The third kappa shape index (κ3) is 4.12. The lowest BCUT2D eigenvalue weighted by molar-refractivity contribution is -0.185. The van der Waals surface area contributed by atoms with Crippen LogP contribution in [0.1, 0.15) is 28.8 Å². The number of aromatic nitrogens is 1. The van der Waals surface area contributed by atoms with E-state index >= 15 is 0 Å². The minimum absolute atomic E-state index is 0.351. The number of carbonyl (C=O) groups is 1. The standard InChI is InChI=1S/C24H25N3O4/c25-23(28)17-6-8-22(26-15-17)31-21-7-5-18(19-3-1-2-4-20(19)21)16-27-11-9-24(10-12-27)29-13-14-30-24/h1-8,15H,9-14,16H2,(H2,25,28). The minimum atomic E-state index is -0.511. The lowest BCUT2D eigenvalue weighted by Crippen LogP contribution is -2.44. The van der Waals surface area contributed by atoms with E-state index in [9.17, 15) is 4.79 Å². The number of primary amides is 1. The van der Waals surface area contributed by atoms with Crippen LogP contribution in [0.4, 0.5) is 0 Å². The molecule has 0 atom stereocenters. The molecule has 2 aliphatic heterocycles. The number of nitrogens with zero attached hydrogens (tertiary/aromatic N) is 2. The van der Waals surface area contributed by atoms with Crippen molar-refractivity contribution in [2.45, 2.75) is 25.2 Å². The zero-order valence-electron chi connectivity index (χ0n) is 17.3. The van der Waals surface area contributed by atoms with Crippen molar-refractivity contribution in [3.63, 3.8) is 0 Å². The van der Waals surface area contributed by atoms with Crippen molar-refractivity contribution in [3.05, 3.63) is 65.9 Å². The van der Waals surface area contributed by atoms with Gasteiger partial charge in [0.25, 0.3) is 0 Å². The van der Waals surface area contributed by atoms with Crippen molar-refractivity contribution < 1.29 is 19.0 Å². The van der Waals surface area contributed by atoms with Gasteiger partial charge in [0, 0.05) is 50.1 Å². The number of benzene rings is 2. The molecular weight excluding hydrogens is 394 g/mol. The fourth-order valence-corrected chi connectivity index (χ4v) is 4.34. The van der Waals surface area contributed by atoms with Crippen LogP contribution in [0.2, 0.25) is 0 Å². The second-order valence-corrected chi connectivity index (χ2v) is 8.00. The maximum Gasteiger partial charge on any atom is 0.250 e. The number of carbonyl (C=O) groups excluding carboxylic acids is 1. The summed E-state index contributed by atoms with van der Waals surface area (Å²) in [5.74, 6) is 0.279. The Bertz CT molecular complexity index is 1080. The van der Waals surface area contributed by atoms with Gasteiger partial charge in [-0.15, -0.1) is 0 Å². The van der Waals surface area contributed by atoms with Gasteiger partial charge in [-0.05, 0) is 23.1 Å². The van der Waals surface area contributed by atoms with E-state index in [4.69, 9.17) is 19.9 Å². The molecule has 7 nitrogen and oxygen atoms in total. The van der Waals surface area contributed by atoms with Gasteiger partial charge in [-0.3, -0.25) is 9.69 Å². The highest BCUT2D eigenvalue weighted by Crippen LogP contribution is 2.34. The smallest absolute Gasteiger partial charge is 0.250 e. The van der Waals surface area contributed by atoms with Crippen molar-refractivity contribution in [2.24, 2.45) is 5.73 Å². The van der Waals surface area contributed by atoms with Gasteiger partial charge in [0.1, 0.15) is 5.75 Å². The molecule has 0 saturated carbocycles. The Balaban J connectivity index is 1.34. The van der Waals surface area contributed by atoms with Crippen LogP contribution < -0.4 is 10.5 Å². The van der Waals surface area contributed by atoms with Gasteiger partial charge in [-0.25, -0.2) is 4.98 Å². The molecular formula is C24H25N3O4.